The Hall–Kier alpha value is -2.92. The molecule has 190 valence electrons. The van der Waals surface area contributed by atoms with Crippen molar-refractivity contribution in [2.24, 2.45) is 0 Å². The van der Waals surface area contributed by atoms with Crippen LogP contribution in [-0.4, -0.2) is 59.0 Å². The van der Waals surface area contributed by atoms with Crippen molar-refractivity contribution in [3.63, 3.8) is 0 Å². The molecule has 2 aromatic rings. The summed E-state index contributed by atoms with van der Waals surface area (Å²) in [5, 5.41) is 16.9. The molecule has 0 unspecified atom stereocenters. The van der Waals surface area contributed by atoms with Crippen molar-refractivity contribution < 1.29 is 43.0 Å². The van der Waals surface area contributed by atoms with E-state index in [1.165, 1.54) is 14.2 Å². The average Bonchev–Trinajstić information content (AvgIpc) is 3.26. The molecule has 12 nitrogen and oxygen atoms in total. The highest BCUT2D eigenvalue weighted by Crippen LogP contribution is 2.33. The van der Waals surface area contributed by atoms with Crippen LogP contribution in [0.1, 0.15) is 49.7 Å². The van der Waals surface area contributed by atoms with Crippen LogP contribution in [0.2, 0.25) is 0 Å². The van der Waals surface area contributed by atoms with Crippen LogP contribution in [0.5, 0.6) is 11.5 Å². The first-order valence-electron chi connectivity index (χ1n) is 10.4. The van der Waals surface area contributed by atoms with Crippen LogP contribution in [0.4, 0.5) is 5.88 Å². The Morgan fingerprint density at radius 2 is 1.71 bits per heavy atom. The Labute approximate surface area is 197 Å². The first kappa shape index (κ1) is 29.1. The number of aliphatic carboxylic acids is 1. The second kappa shape index (κ2) is 13.1. The smallest absolute Gasteiger partial charge is 0.339 e. The molecule has 13 heteroatoms. The van der Waals surface area contributed by atoms with Crippen molar-refractivity contribution >= 4 is 25.4 Å². The van der Waals surface area contributed by atoms with Gasteiger partial charge >= 0.3 is 13.6 Å². The summed E-state index contributed by atoms with van der Waals surface area (Å²) in [5.74, 6) is -0.358. The Bertz CT molecular complexity index is 977. The fourth-order valence-electron chi connectivity index (χ4n) is 2.79. The van der Waals surface area contributed by atoms with Crippen molar-refractivity contribution in [3.05, 3.63) is 35.5 Å². The van der Waals surface area contributed by atoms with Gasteiger partial charge in [0.15, 0.2) is 0 Å². The van der Waals surface area contributed by atoms with E-state index in [2.05, 4.69) is 36.6 Å². The molecule has 34 heavy (non-hydrogen) atoms. The maximum atomic E-state index is 12.6. The number of amides is 1. The summed E-state index contributed by atoms with van der Waals surface area (Å²) in [5.41, 5.74) is 1.07. The Kier molecular flexibility index (Phi) is 11.2. The maximum Gasteiger partial charge on any atom is 0.339 e. The van der Waals surface area contributed by atoms with E-state index in [9.17, 15) is 14.2 Å². The van der Waals surface area contributed by atoms with Gasteiger partial charge in [-0.25, -0.2) is 0 Å². The number of anilines is 1. The molecule has 1 heterocycles. The Balaban J connectivity index is 0.000000489. The van der Waals surface area contributed by atoms with Gasteiger partial charge < -0.3 is 28.9 Å². The molecule has 1 aromatic heterocycles. The molecule has 1 amide bonds. The summed E-state index contributed by atoms with van der Waals surface area (Å²) >= 11 is 0. The second-order valence-corrected chi connectivity index (χ2v) is 9.12. The summed E-state index contributed by atoms with van der Waals surface area (Å²) in [6, 6.07) is 6.94. The third kappa shape index (κ3) is 8.79. The first-order valence-corrected chi connectivity index (χ1v) is 12.2. The van der Waals surface area contributed by atoms with E-state index in [-0.39, 0.29) is 11.3 Å². The van der Waals surface area contributed by atoms with Gasteiger partial charge in [-0.1, -0.05) is 32.0 Å². The zero-order valence-electron chi connectivity index (χ0n) is 19.8. The number of methoxy groups -OCH3 is 2. The summed E-state index contributed by atoms with van der Waals surface area (Å²) in [7, 11) is -1.08. The van der Waals surface area contributed by atoms with E-state index in [1.54, 1.807) is 24.3 Å². The van der Waals surface area contributed by atoms with Gasteiger partial charge in [0.1, 0.15) is 17.1 Å². The Morgan fingerprint density at radius 1 is 1.15 bits per heavy atom. The van der Waals surface area contributed by atoms with Crippen molar-refractivity contribution in [2.45, 2.75) is 39.0 Å². The molecule has 0 radical (unpaired) electrons. The van der Waals surface area contributed by atoms with Crippen LogP contribution in [-0.2, 0) is 14.8 Å². The first-order chi connectivity index (χ1) is 15.9. The molecule has 0 aliphatic heterocycles. The SMILES string of the molecule is CCC(C)(CC)c1cc(NC(=O)c2c(OC)cccc2OC)on1.O=C(O)CNCP(=O)(O)O. The standard InChI is InChI=1S/C18H24N2O4.C3H8NO5P/c1-6-18(3,7-2)14-11-15(24-20-14)19-17(21)16-12(22-4)9-8-10-13(16)23-5;5-3(6)1-4-2-10(7,8)9/h8-11H,6-7H2,1-5H3,(H,19,21);4H,1-2H2,(H,5,6)(H2,7,8,9). The van der Waals surface area contributed by atoms with Crippen molar-refractivity contribution in [1.29, 1.82) is 0 Å². The number of nitrogens with zero attached hydrogens (tertiary/aromatic N) is 1. The van der Waals surface area contributed by atoms with E-state index in [4.69, 9.17) is 28.9 Å². The van der Waals surface area contributed by atoms with Crippen molar-refractivity contribution in [3.8, 4) is 11.5 Å². The number of hydrogen-bond donors (Lipinski definition) is 5. The van der Waals surface area contributed by atoms with Crippen LogP contribution in [0.25, 0.3) is 0 Å². The minimum absolute atomic E-state index is 0.0748. The molecule has 5 N–H and O–H groups in total. The normalized spacial score (nSPS) is 11.3. The molecule has 0 spiro atoms. The number of benzene rings is 1. The van der Waals surface area contributed by atoms with Crippen LogP contribution < -0.4 is 20.1 Å². The summed E-state index contributed by atoms with van der Waals surface area (Å²) < 4.78 is 25.8. The summed E-state index contributed by atoms with van der Waals surface area (Å²) in [4.78, 5) is 38.8. The lowest BCUT2D eigenvalue weighted by molar-refractivity contribution is -0.135. The van der Waals surface area contributed by atoms with Crippen LogP contribution >= 0.6 is 7.60 Å². The monoisotopic (exact) mass is 501 g/mol. The number of carboxylic acid groups (broad SMARTS) is 1. The molecule has 0 saturated heterocycles. The summed E-state index contributed by atoms with van der Waals surface area (Å²) in [6.07, 6.45) is 1.27. The lowest BCUT2D eigenvalue weighted by Crippen LogP contribution is -2.23. The van der Waals surface area contributed by atoms with Crippen molar-refractivity contribution in [1.82, 2.24) is 10.5 Å². The van der Waals surface area contributed by atoms with Gasteiger partial charge in [0.2, 0.25) is 5.88 Å². The summed E-state index contributed by atoms with van der Waals surface area (Å²) in [6.45, 7) is 5.90. The van der Waals surface area contributed by atoms with Gasteiger partial charge in [0.05, 0.1) is 32.7 Å². The van der Waals surface area contributed by atoms with Gasteiger partial charge in [-0.2, -0.15) is 0 Å². The van der Waals surface area contributed by atoms with Gasteiger partial charge in [-0.05, 0) is 25.0 Å². The third-order valence-electron chi connectivity index (χ3n) is 5.17. The minimum Gasteiger partial charge on any atom is -0.496 e. The van der Waals surface area contributed by atoms with E-state index in [0.717, 1.165) is 18.5 Å². The molecule has 0 atom stereocenters. The number of aromatic nitrogens is 1. The molecule has 0 aliphatic carbocycles. The predicted octanol–water partition coefficient (Wildman–Crippen LogP) is 2.82. The number of carboxylic acids is 1. The highest BCUT2D eigenvalue weighted by molar-refractivity contribution is 7.51. The number of ether oxygens (including phenoxy) is 2. The number of nitrogens with one attached hydrogen (secondary N) is 2. The lowest BCUT2D eigenvalue weighted by atomic mass is 9.81. The predicted molar refractivity (Wildman–Crippen MR) is 124 cm³/mol. The largest absolute Gasteiger partial charge is 0.496 e. The minimum atomic E-state index is -4.10. The fourth-order valence-corrected chi connectivity index (χ4v) is 3.19. The zero-order valence-corrected chi connectivity index (χ0v) is 20.7. The van der Waals surface area contributed by atoms with E-state index in [0.29, 0.717) is 22.9 Å². The van der Waals surface area contributed by atoms with Crippen LogP contribution in [0.15, 0.2) is 28.8 Å². The van der Waals surface area contributed by atoms with Crippen LogP contribution in [0.3, 0.4) is 0 Å². The molecule has 1 aromatic carbocycles. The highest BCUT2D eigenvalue weighted by atomic mass is 31.2. The van der Waals surface area contributed by atoms with Gasteiger partial charge in [0.25, 0.3) is 5.91 Å². The Morgan fingerprint density at radius 3 is 2.15 bits per heavy atom. The average molecular weight is 501 g/mol. The van der Waals surface area contributed by atoms with Gasteiger partial charge in [0, 0.05) is 11.5 Å². The van der Waals surface area contributed by atoms with Gasteiger partial charge in [-0.15, -0.1) is 0 Å². The molecular weight excluding hydrogens is 469 g/mol. The van der Waals surface area contributed by atoms with E-state index in [1.807, 2.05) is 0 Å². The topological polar surface area (TPSA) is 180 Å². The molecule has 0 aliphatic rings. The third-order valence-corrected chi connectivity index (χ3v) is 5.81. The van der Waals surface area contributed by atoms with Crippen LogP contribution in [0, 0.1) is 0 Å². The quantitative estimate of drug-likeness (QED) is 0.286. The van der Waals surface area contributed by atoms with E-state index < -0.39 is 26.4 Å². The second-order valence-electron chi connectivity index (χ2n) is 7.48. The van der Waals surface area contributed by atoms with Crippen molar-refractivity contribution in [2.75, 3.05) is 32.4 Å². The molecule has 0 fully saturated rings. The molecule has 2 rings (SSSR count). The molecule has 0 bridgehead atoms. The number of hydrogen-bond acceptors (Lipinski definition) is 8. The lowest BCUT2D eigenvalue weighted by Gasteiger charge is -2.22. The molecular formula is C21H32N3O9P. The number of rotatable bonds is 11. The van der Waals surface area contributed by atoms with E-state index >= 15 is 0 Å². The van der Waals surface area contributed by atoms with Gasteiger partial charge in [-0.3, -0.25) is 24.8 Å². The maximum absolute atomic E-state index is 12.6. The highest BCUT2D eigenvalue weighted by Gasteiger charge is 2.27. The fraction of sp³-hybridized carbons (Fsp3) is 0.476. The number of carbonyl (C=O) groups is 2. The number of carbonyl (C=O) groups excluding carboxylic acids is 1. The zero-order chi connectivity index (χ0) is 25.9. The molecule has 0 saturated carbocycles.